The molecule has 1 aliphatic carbocycles. The number of rotatable bonds is 2. The zero-order valence-electron chi connectivity index (χ0n) is 10.2. The van der Waals surface area contributed by atoms with Crippen LogP contribution in [0.2, 0.25) is 0 Å². The lowest BCUT2D eigenvalue weighted by atomic mass is 10.2. The molecule has 0 fully saturated rings. The molecule has 1 aromatic carbocycles. The fourth-order valence-corrected chi connectivity index (χ4v) is 2.51. The molecular weight excluding hydrogens is 306 g/mol. The number of amides is 1. The summed E-state index contributed by atoms with van der Waals surface area (Å²) in [5.41, 5.74) is 2.75. The lowest BCUT2D eigenvalue weighted by Crippen LogP contribution is -2.14. The summed E-state index contributed by atoms with van der Waals surface area (Å²) in [7, 11) is 0. The monoisotopic (exact) mass is 317 g/mol. The van der Waals surface area contributed by atoms with Gasteiger partial charge in [-0.1, -0.05) is 15.9 Å². The molecule has 0 saturated heterocycles. The molecule has 5 heteroatoms. The molecule has 2 aromatic rings. The van der Waals surface area contributed by atoms with Crippen molar-refractivity contribution in [2.24, 2.45) is 0 Å². The van der Waals surface area contributed by atoms with Crippen molar-refractivity contribution < 1.29 is 4.79 Å². The van der Waals surface area contributed by atoms with E-state index in [-0.39, 0.29) is 5.91 Å². The van der Waals surface area contributed by atoms with Crippen LogP contribution >= 0.6 is 15.9 Å². The first-order valence-corrected chi connectivity index (χ1v) is 6.93. The van der Waals surface area contributed by atoms with Gasteiger partial charge in [-0.05, 0) is 43.5 Å². The number of anilines is 1. The summed E-state index contributed by atoms with van der Waals surface area (Å²) in [5.74, 6) is 0.510. The number of halogens is 1. The minimum atomic E-state index is -0.139. The number of carbonyl (C=O) groups is 1. The predicted molar refractivity (Wildman–Crippen MR) is 76.2 cm³/mol. The number of hydrogen-bond acceptors (Lipinski definition) is 3. The molecule has 1 aliphatic rings. The minimum absolute atomic E-state index is 0.139. The molecule has 1 heterocycles. The van der Waals surface area contributed by atoms with Crippen LogP contribution in [-0.2, 0) is 12.8 Å². The zero-order chi connectivity index (χ0) is 13.2. The average Bonchev–Trinajstić information content (AvgIpc) is 2.89. The van der Waals surface area contributed by atoms with Gasteiger partial charge in [0.25, 0.3) is 5.91 Å². The highest BCUT2D eigenvalue weighted by Crippen LogP contribution is 2.25. The highest BCUT2D eigenvalue weighted by atomic mass is 79.9. The Morgan fingerprint density at radius 1 is 1.16 bits per heavy atom. The first-order chi connectivity index (χ1) is 9.24. The molecule has 0 atom stereocenters. The second-order valence-corrected chi connectivity index (χ2v) is 5.38. The van der Waals surface area contributed by atoms with Crippen LogP contribution < -0.4 is 5.32 Å². The van der Waals surface area contributed by atoms with Crippen molar-refractivity contribution in [3.63, 3.8) is 0 Å². The predicted octanol–water partition coefficient (Wildman–Crippen LogP) is 2.98. The maximum absolute atomic E-state index is 12.1. The Balaban J connectivity index is 1.84. The number of fused-ring (bicyclic) bond motifs is 1. The number of aromatic nitrogens is 2. The van der Waals surface area contributed by atoms with E-state index in [0.717, 1.165) is 35.0 Å². The van der Waals surface area contributed by atoms with E-state index in [4.69, 9.17) is 0 Å². The lowest BCUT2D eigenvalue weighted by molar-refractivity contribution is 0.102. The number of hydrogen-bond donors (Lipinski definition) is 1. The van der Waals surface area contributed by atoms with Gasteiger partial charge in [0.2, 0.25) is 0 Å². The fourth-order valence-electron chi connectivity index (χ4n) is 2.25. The minimum Gasteiger partial charge on any atom is -0.306 e. The Hall–Kier alpha value is -1.75. The summed E-state index contributed by atoms with van der Waals surface area (Å²) >= 11 is 3.35. The first kappa shape index (κ1) is 12.3. The molecule has 96 valence electrons. The Morgan fingerprint density at radius 3 is 2.74 bits per heavy atom. The van der Waals surface area contributed by atoms with Gasteiger partial charge in [-0.2, -0.15) is 0 Å². The van der Waals surface area contributed by atoms with E-state index in [9.17, 15) is 4.79 Å². The van der Waals surface area contributed by atoms with Crippen LogP contribution in [0.25, 0.3) is 0 Å². The highest BCUT2D eigenvalue weighted by Gasteiger charge is 2.18. The van der Waals surface area contributed by atoms with E-state index < -0.39 is 0 Å². The van der Waals surface area contributed by atoms with Crippen LogP contribution in [0.3, 0.4) is 0 Å². The van der Waals surface area contributed by atoms with Crippen LogP contribution in [0.15, 0.2) is 35.1 Å². The summed E-state index contributed by atoms with van der Waals surface area (Å²) in [4.78, 5) is 20.6. The molecule has 0 radical (unpaired) electrons. The number of nitrogens with one attached hydrogen (secondary N) is 1. The Kier molecular flexibility index (Phi) is 3.29. The van der Waals surface area contributed by atoms with Crippen LogP contribution in [0.1, 0.15) is 28.0 Å². The van der Waals surface area contributed by atoms with E-state index in [1.165, 1.54) is 6.33 Å². The molecule has 1 amide bonds. The van der Waals surface area contributed by atoms with Crippen LogP contribution in [0, 0.1) is 0 Å². The van der Waals surface area contributed by atoms with Gasteiger partial charge < -0.3 is 5.32 Å². The maximum atomic E-state index is 12.1. The maximum Gasteiger partial charge on any atom is 0.256 e. The van der Waals surface area contributed by atoms with Crippen molar-refractivity contribution >= 4 is 27.7 Å². The van der Waals surface area contributed by atoms with Gasteiger partial charge in [0, 0.05) is 21.3 Å². The molecule has 1 N–H and O–H groups in total. The van der Waals surface area contributed by atoms with Crippen molar-refractivity contribution in [2.45, 2.75) is 19.3 Å². The van der Waals surface area contributed by atoms with E-state index in [1.807, 2.05) is 12.1 Å². The van der Waals surface area contributed by atoms with Crippen molar-refractivity contribution in [3.8, 4) is 0 Å². The van der Waals surface area contributed by atoms with Crippen LogP contribution in [0.5, 0.6) is 0 Å². The first-order valence-electron chi connectivity index (χ1n) is 6.14. The van der Waals surface area contributed by atoms with Gasteiger partial charge in [0.15, 0.2) is 0 Å². The quantitative estimate of drug-likeness (QED) is 0.926. The molecule has 19 heavy (non-hydrogen) atoms. The summed E-state index contributed by atoms with van der Waals surface area (Å²) in [6, 6.07) is 7.25. The Bertz CT molecular complexity index is 625. The van der Waals surface area contributed by atoms with E-state index in [0.29, 0.717) is 11.4 Å². The normalized spacial score (nSPS) is 13.1. The smallest absolute Gasteiger partial charge is 0.256 e. The van der Waals surface area contributed by atoms with Gasteiger partial charge >= 0.3 is 0 Å². The molecule has 1 aromatic heterocycles. The molecule has 0 bridgehead atoms. The molecule has 0 unspecified atom stereocenters. The van der Waals surface area contributed by atoms with Crippen LogP contribution in [0.4, 0.5) is 5.82 Å². The van der Waals surface area contributed by atoms with Gasteiger partial charge in [-0.25, -0.2) is 9.97 Å². The van der Waals surface area contributed by atoms with Gasteiger partial charge in [-0.15, -0.1) is 0 Å². The summed E-state index contributed by atoms with van der Waals surface area (Å²) < 4.78 is 0.951. The van der Waals surface area contributed by atoms with Gasteiger partial charge in [0.1, 0.15) is 12.1 Å². The molecule has 4 nitrogen and oxygen atoms in total. The molecular formula is C14H12BrN3O. The molecule has 0 aliphatic heterocycles. The summed E-state index contributed by atoms with van der Waals surface area (Å²) in [6.07, 6.45) is 4.50. The third kappa shape index (κ3) is 2.51. The van der Waals surface area contributed by atoms with E-state index in [2.05, 4.69) is 31.2 Å². The van der Waals surface area contributed by atoms with E-state index in [1.54, 1.807) is 12.1 Å². The molecule has 0 saturated carbocycles. The second kappa shape index (κ2) is 5.09. The summed E-state index contributed by atoms with van der Waals surface area (Å²) in [6.45, 7) is 0. The number of aryl methyl sites for hydroxylation is 1. The Morgan fingerprint density at radius 2 is 1.95 bits per heavy atom. The van der Waals surface area contributed by atoms with Crippen molar-refractivity contribution in [3.05, 3.63) is 51.9 Å². The van der Waals surface area contributed by atoms with Crippen molar-refractivity contribution in [1.29, 1.82) is 0 Å². The number of benzene rings is 1. The zero-order valence-corrected chi connectivity index (χ0v) is 11.8. The van der Waals surface area contributed by atoms with Crippen molar-refractivity contribution in [2.75, 3.05) is 5.32 Å². The number of nitrogens with zero attached hydrogens (tertiary/aromatic N) is 2. The molecule has 0 spiro atoms. The van der Waals surface area contributed by atoms with Crippen LogP contribution in [-0.4, -0.2) is 15.9 Å². The largest absolute Gasteiger partial charge is 0.306 e. The third-order valence-corrected chi connectivity index (χ3v) is 3.74. The lowest BCUT2D eigenvalue weighted by Gasteiger charge is -2.08. The van der Waals surface area contributed by atoms with Gasteiger partial charge in [-0.3, -0.25) is 4.79 Å². The summed E-state index contributed by atoms with van der Waals surface area (Å²) in [5, 5.41) is 2.87. The van der Waals surface area contributed by atoms with E-state index >= 15 is 0 Å². The molecule has 3 rings (SSSR count). The highest BCUT2D eigenvalue weighted by molar-refractivity contribution is 9.10. The standard InChI is InChI=1S/C14H12BrN3O/c15-10-6-4-9(5-7-10)14(19)18-13-11-2-1-3-12(11)16-8-17-13/h4-8H,1-3H2,(H,16,17,18,19). The van der Waals surface area contributed by atoms with Gasteiger partial charge in [0.05, 0.1) is 0 Å². The fraction of sp³-hybridized carbons (Fsp3) is 0.214. The topological polar surface area (TPSA) is 54.9 Å². The number of carbonyl (C=O) groups excluding carboxylic acids is 1. The average molecular weight is 318 g/mol. The van der Waals surface area contributed by atoms with Crippen molar-refractivity contribution in [1.82, 2.24) is 9.97 Å². The second-order valence-electron chi connectivity index (χ2n) is 4.46. The Labute approximate surface area is 119 Å². The SMILES string of the molecule is O=C(Nc1ncnc2c1CCC2)c1ccc(Br)cc1. The third-order valence-electron chi connectivity index (χ3n) is 3.21.